The fourth-order valence-corrected chi connectivity index (χ4v) is 10.5. The van der Waals surface area contributed by atoms with Crippen molar-refractivity contribution in [2.75, 3.05) is 0 Å². The molecule has 1 aliphatic carbocycles. The Labute approximate surface area is 313 Å². The van der Waals surface area contributed by atoms with E-state index in [1.165, 1.54) is 43.2 Å². The molecule has 4 aromatic carbocycles. The summed E-state index contributed by atoms with van der Waals surface area (Å²) in [5.41, 5.74) is 12.0. The van der Waals surface area contributed by atoms with Crippen LogP contribution in [0.5, 0.6) is 0 Å². The Morgan fingerprint density at radius 1 is 0.800 bits per heavy atom. The van der Waals surface area contributed by atoms with Gasteiger partial charge in [-0.15, -0.1) is 17.7 Å². The van der Waals surface area contributed by atoms with Crippen LogP contribution in [0.4, 0.5) is 0 Å². The van der Waals surface area contributed by atoms with Gasteiger partial charge >= 0.3 is 137 Å². The van der Waals surface area contributed by atoms with Gasteiger partial charge in [0.2, 0.25) is 0 Å². The number of fused-ring (bicyclic) bond motifs is 3. The van der Waals surface area contributed by atoms with Gasteiger partial charge in [0.1, 0.15) is 5.58 Å². The van der Waals surface area contributed by atoms with Crippen LogP contribution in [0.3, 0.4) is 0 Å². The average molecular weight is 894 g/mol. The minimum atomic E-state index is -1.87. The summed E-state index contributed by atoms with van der Waals surface area (Å²) in [6.07, 6.45) is 10.9. The molecule has 0 saturated heterocycles. The van der Waals surface area contributed by atoms with Crippen molar-refractivity contribution >= 4 is 39.6 Å². The first-order valence-electron chi connectivity index (χ1n) is 17.6. The monoisotopic (exact) mass is 895 g/mol. The fraction of sp³-hybridized carbons (Fsp3) is 0.244. The summed E-state index contributed by atoms with van der Waals surface area (Å²) < 4.78 is 7.95. The molecule has 1 aliphatic rings. The fourth-order valence-electron chi connectivity index (χ4n) is 7.20. The van der Waals surface area contributed by atoms with E-state index in [2.05, 4.69) is 109 Å². The van der Waals surface area contributed by atoms with E-state index in [-0.39, 0.29) is 20.1 Å². The molecule has 3 heterocycles. The predicted octanol–water partition coefficient (Wildman–Crippen LogP) is 11.6. The van der Waals surface area contributed by atoms with Gasteiger partial charge < -0.3 is 9.40 Å². The molecule has 255 valence electrons. The first kappa shape index (κ1) is 36.0. The third kappa shape index (κ3) is 7.89. The molecule has 0 bridgehead atoms. The minimum absolute atomic E-state index is 0. The second-order valence-electron chi connectivity index (χ2n) is 14.6. The summed E-state index contributed by atoms with van der Waals surface area (Å²) >= 11 is -1.87. The Balaban J connectivity index is 0.000000173. The molecule has 0 spiro atoms. The number of nitrogens with zero attached hydrogens (tertiary/aromatic N) is 2. The molecule has 0 aliphatic heterocycles. The van der Waals surface area contributed by atoms with Crippen molar-refractivity contribution in [3.8, 4) is 33.6 Å². The topological polar surface area (TPSA) is 38.9 Å². The molecular weight excluding hydrogens is 849 g/mol. The molecule has 8 rings (SSSR count). The van der Waals surface area contributed by atoms with E-state index in [1.807, 2.05) is 48.7 Å². The molecule has 50 heavy (non-hydrogen) atoms. The maximum absolute atomic E-state index is 6.36. The Hall–Kier alpha value is -3.83. The van der Waals surface area contributed by atoms with Crippen LogP contribution >= 0.6 is 0 Å². The van der Waals surface area contributed by atoms with E-state index in [9.17, 15) is 0 Å². The van der Waals surface area contributed by atoms with Crippen molar-refractivity contribution in [1.82, 2.24) is 9.97 Å². The van der Waals surface area contributed by atoms with Crippen LogP contribution in [0.15, 0.2) is 114 Å². The van der Waals surface area contributed by atoms with Crippen molar-refractivity contribution in [1.29, 1.82) is 0 Å². The van der Waals surface area contributed by atoms with Crippen LogP contribution in [0.1, 0.15) is 42.4 Å². The number of aryl methyl sites for hydroxylation is 2. The van der Waals surface area contributed by atoms with Crippen molar-refractivity contribution in [3.63, 3.8) is 0 Å². The molecule has 7 aromatic rings. The molecule has 0 amide bonds. The van der Waals surface area contributed by atoms with Crippen LogP contribution in [-0.2, 0) is 26.5 Å². The van der Waals surface area contributed by atoms with Crippen molar-refractivity contribution in [2.45, 2.75) is 63.2 Å². The van der Waals surface area contributed by atoms with Crippen LogP contribution in [0.2, 0.25) is 17.3 Å². The predicted molar refractivity (Wildman–Crippen MR) is 208 cm³/mol. The Bertz CT molecular complexity index is 2210. The molecule has 0 unspecified atom stereocenters. The van der Waals surface area contributed by atoms with Gasteiger partial charge in [-0.3, -0.25) is 0 Å². The summed E-state index contributed by atoms with van der Waals surface area (Å²) in [5, 5.41) is 2.17. The third-order valence-corrected chi connectivity index (χ3v) is 14.1. The Morgan fingerprint density at radius 3 is 2.28 bits per heavy atom. The molecule has 3 aromatic heterocycles. The zero-order chi connectivity index (χ0) is 34.0. The van der Waals surface area contributed by atoms with Crippen molar-refractivity contribution in [3.05, 3.63) is 138 Å². The second-order valence-corrected chi connectivity index (χ2v) is 25.1. The molecular formula is C45H44GeIrN2O-2. The SMILES string of the molecule is Cc1ccnc(-c2[c-]cc(-c3ccccc3)c3oc4cc(C)ccc4c23)c1.[CH3][Ge]([CH3])([CH3])[c]1cnc(-c2[c-]cccc2)cc1CC1CCCC1.[Ir]. The molecule has 1 fully saturated rings. The largest absolute Gasteiger partial charge is 0 e. The molecule has 0 N–H and O–H groups in total. The number of furan rings is 1. The van der Waals surface area contributed by atoms with Gasteiger partial charge in [0.25, 0.3) is 0 Å². The number of rotatable bonds is 6. The van der Waals surface area contributed by atoms with Gasteiger partial charge in [0.05, 0.1) is 5.58 Å². The number of aromatic nitrogens is 2. The summed E-state index contributed by atoms with van der Waals surface area (Å²) in [5.74, 6) is 8.31. The smallest absolute Gasteiger partial charge is 0 e. The molecule has 5 heteroatoms. The normalized spacial score (nSPS) is 13.2. The van der Waals surface area contributed by atoms with Gasteiger partial charge in [-0.05, 0) is 42.6 Å². The molecule has 1 saturated carbocycles. The Kier molecular flexibility index (Phi) is 11.2. The maximum atomic E-state index is 6.36. The first-order valence-corrected chi connectivity index (χ1v) is 24.9. The number of hydrogen-bond donors (Lipinski definition) is 0. The molecule has 0 atom stereocenters. The van der Waals surface area contributed by atoms with E-state index in [0.29, 0.717) is 0 Å². The first-order chi connectivity index (χ1) is 23.7. The number of pyridine rings is 2. The van der Waals surface area contributed by atoms with Gasteiger partial charge in [0, 0.05) is 26.3 Å². The van der Waals surface area contributed by atoms with Crippen LogP contribution in [0, 0.1) is 31.9 Å². The standard InChI is InChI=1S/C25H18NO.C20H26GeN.Ir/c1-16-8-9-21-23(15-16)27-25-19(18-6-4-3-5-7-18)10-11-20(24(21)25)22-14-17(2)12-13-26-22;1-21(2,3)19-15-22-20(17-11-5-4-6-12-17)14-18(19)13-16-9-7-8-10-16;/h3-10,12-15H,1-2H3;4-6,11,14-16H,7-10,13H2,1-3H3;/q2*-1;. The van der Waals surface area contributed by atoms with E-state index >= 15 is 0 Å². The van der Waals surface area contributed by atoms with E-state index in [0.717, 1.165) is 61.5 Å². The average Bonchev–Trinajstić information content (AvgIpc) is 3.76. The van der Waals surface area contributed by atoms with Gasteiger partial charge in [-0.2, -0.15) is 0 Å². The van der Waals surface area contributed by atoms with Crippen LogP contribution in [0.25, 0.3) is 55.6 Å². The van der Waals surface area contributed by atoms with Gasteiger partial charge in [-0.25, -0.2) is 0 Å². The Morgan fingerprint density at radius 2 is 1.56 bits per heavy atom. The summed E-state index contributed by atoms with van der Waals surface area (Å²) in [7, 11) is 0. The summed E-state index contributed by atoms with van der Waals surface area (Å²) in [6.45, 7) is 4.16. The quantitative estimate of drug-likeness (QED) is 0.123. The number of hydrogen-bond acceptors (Lipinski definition) is 3. The third-order valence-electron chi connectivity index (χ3n) is 9.72. The van der Waals surface area contributed by atoms with Crippen LogP contribution < -0.4 is 4.40 Å². The van der Waals surface area contributed by atoms with Gasteiger partial charge in [-0.1, -0.05) is 70.6 Å². The van der Waals surface area contributed by atoms with E-state index in [1.54, 1.807) is 9.96 Å². The van der Waals surface area contributed by atoms with Crippen molar-refractivity contribution in [2.24, 2.45) is 5.92 Å². The summed E-state index contributed by atoms with van der Waals surface area (Å²) in [6, 6.07) is 40.1. The second kappa shape index (κ2) is 15.6. The zero-order valence-electron chi connectivity index (χ0n) is 29.6. The maximum Gasteiger partial charge on any atom is 0 e. The van der Waals surface area contributed by atoms with E-state index < -0.39 is 13.3 Å². The molecule has 3 nitrogen and oxygen atoms in total. The van der Waals surface area contributed by atoms with Crippen molar-refractivity contribution < 1.29 is 24.5 Å². The van der Waals surface area contributed by atoms with Gasteiger partial charge in [0.15, 0.2) is 0 Å². The minimum Gasteiger partial charge on any atom is 0 e. The van der Waals surface area contributed by atoms with Crippen LogP contribution in [-0.4, -0.2) is 23.2 Å². The zero-order valence-corrected chi connectivity index (χ0v) is 34.1. The van der Waals surface area contributed by atoms with E-state index in [4.69, 9.17) is 9.40 Å². The number of benzene rings is 4. The molecule has 1 radical (unpaired) electrons. The summed E-state index contributed by atoms with van der Waals surface area (Å²) in [4.78, 5) is 9.36.